The van der Waals surface area contributed by atoms with Crippen LogP contribution in [0.1, 0.15) is 19.7 Å². The molecular formula is C11H11BrN2O. The molecule has 0 saturated heterocycles. The molecule has 0 N–H and O–H groups in total. The number of hydrogen-bond donors (Lipinski definition) is 0. The molecule has 1 aromatic heterocycles. The first-order chi connectivity index (χ1) is 7.07. The summed E-state index contributed by atoms with van der Waals surface area (Å²) in [5, 5.41) is 3.94. The second-order valence-electron chi connectivity index (χ2n) is 3.76. The van der Waals surface area contributed by atoms with Gasteiger partial charge in [0, 0.05) is 5.56 Å². The van der Waals surface area contributed by atoms with Crippen molar-refractivity contribution in [2.75, 3.05) is 0 Å². The van der Waals surface area contributed by atoms with Crippen LogP contribution in [-0.4, -0.2) is 10.1 Å². The first kappa shape index (κ1) is 10.4. The zero-order valence-corrected chi connectivity index (χ0v) is 10.2. The summed E-state index contributed by atoms with van der Waals surface area (Å²) in [6, 6.07) is 9.76. The van der Waals surface area contributed by atoms with Gasteiger partial charge in [-0.05, 0) is 13.8 Å². The SMILES string of the molecule is CC(C)(Br)c1nc(-c2ccccc2)no1. The van der Waals surface area contributed by atoms with Gasteiger partial charge in [0.1, 0.15) is 0 Å². The Morgan fingerprint density at radius 2 is 1.87 bits per heavy atom. The van der Waals surface area contributed by atoms with E-state index < -0.39 is 0 Å². The molecule has 15 heavy (non-hydrogen) atoms. The van der Waals surface area contributed by atoms with E-state index in [1.165, 1.54) is 0 Å². The van der Waals surface area contributed by atoms with Crippen LogP contribution in [0, 0.1) is 0 Å². The predicted octanol–water partition coefficient (Wildman–Crippen LogP) is 3.37. The van der Waals surface area contributed by atoms with Crippen molar-refractivity contribution >= 4 is 15.9 Å². The van der Waals surface area contributed by atoms with Gasteiger partial charge in [-0.1, -0.05) is 51.4 Å². The summed E-state index contributed by atoms with van der Waals surface area (Å²) in [5.41, 5.74) is 0.962. The molecule has 0 spiro atoms. The lowest BCUT2D eigenvalue weighted by Crippen LogP contribution is -2.06. The van der Waals surface area contributed by atoms with E-state index in [2.05, 4.69) is 26.1 Å². The highest BCUT2D eigenvalue weighted by molar-refractivity contribution is 9.09. The average Bonchev–Trinajstić information content (AvgIpc) is 2.67. The lowest BCUT2D eigenvalue weighted by molar-refractivity contribution is 0.357. The average molecular weight is 267 g/mol. The van der Waals surface area contributed by atoms with Crippen molar-refractivity contribution in [3.05, 3.63) is 36.2 Å². The van der Waals surface area contributed by atoms with Crippen molar-refractivity contribution in [3.8, 4) is 11.4 Å². The highest BCUT2D eigenvalue weighted by Crippen LogP contribution is 2.29. The van der Waals surface area contributed by atoms with Gasteiger partial charge in [0.15, 0.2) is 0 Å². The quantitative estimate of drug-likeness (QED) is 0.783. The summed E-state index contributed by atoms with van der Waals surface area (Å²) in [7, 11) is 0. The summed E-state index contributed by atoms with van der Waals surface area (Å²) in [6.07, 6.45) is 0. The van der Waals surface area contributed by atoms with E-state index >= 15 is 0 Å². The summed E-state index contributed by atoms with van der Waals surface area (Å²) in [5.74, 6) is 1.21. The molecule has 0 aliphatic heterocycles. The van der Waals surface area contributed by atoms with Crippen LogP contribution in [0.25, 0.3) is 11.4 Å². The van der Waals surface area contributed by atoms with Gasteiger partial charge in [0.05, 0.1) is 4.32 Å². The number of hydrogen-bond acceptors (Lipinski definition) is 3. The fourth-order valence-electron chi connectivity index (χ4n) is 1.17. The molecule has 3 nitrogen and oxygen atoms in total. The standard InChI is InChI=1S/C11H11BrN2O/c1-11(2,12)10-13-9(14-15-10)8-6-4-3-5-7-8/h3-7H,1-2H3. The monoisotopic (exact) mass is 266 g/mol. The van der Waals surface area contributed by atoms with Gasteiger partial charge in [0.2, 0.25) is 11.7 Å². The van der Waals surface area contributed by atoms with Gasteiger partial charge in [-0.2, -0.15) is 4.98 Å². The largest absolute Gasteiger partial charge is 0.337 e. The Morgan fingerprint density at radius 3 is 2.40 bits per heavy atom. The van der Waals surface area contributed by atoms with Gasteiger partial charge in [-0.25, -0.2) is 0 Å². The molecule has 0 unspecified atom stereocenters. The minimum absolute atomic E-state index is 0.285. The van der Waals surface area contributed by atoms with E-state index in [1.807, 2.05) is 44.2 Å². The van der Waals surface area contributed by atoms with Crippen LogP contribution < -0.4 is 0 Å². The highest BCUT2D eigenvalue weighted by atomic mass is 79.9. The number of alkyl halides is 1. The Morgan fingerprint density at radius 1 is 1.20 bits per heavy atom. The predicted molar refractivity (Wildman–Crippen MR) is 61.7 cm³/mol. The molecule has 1 heterocycles. The molecule has 0 fully saturated rings. The van der Waals surface area contributed by atoms with Crippen LogP contribution in [0.15, 0.2) is 34.9 Å². The molecule has 2 rings (SSSR count). The van der Waals surface area contributed by atoms with Crippen LogP contribution in [0.2, 0.25) is 0 Å². The number of aromatic nitrogens is 2. The van der Waals surface area contributed by atoms with Crippen molar-refractivity contribution in [1.82, 2.24) is 10.1 Å². The molecule has 0 aliphatic rings. The molecule has 1 aromatic carbocycles. The van der Waals surface area contributed by atoms with Crippen molar-refractivity contribution in [2.45, 2.75) is 18.2 Å². The molecule has 2 aromatic rings. The number of nitrogens with zero attached hydrogens (tertiary/aromatic N) is 2. The lowest BCUT2D eigenvalue weighted by Gasteiger charge is -2.07. The molecule has 0 amide bonds. The van der Waals surface area contributed by atoms with E-state index in [1.54, 1.807) is 0 Å². The van der Waals surface area contributed by atoms with Crippen molar-refractivity contribution in [3.63, 3.8) is 0 Å². The van der Waals surface area contributed by atoms with E-state index in [4.69, 9.17) is 4.52 Å². The summed E-state index contributed by atoms with van der Waals surface area (Å²) in [4.78, 5) is 4.33. The highest BCUT2D eigenvalue weighted by Gasteiger charge is 2.24. The zero-order valence-electron chi connectivity index (χ0n) is 8.57. The van der Waals surface area contributed by atoms with Crippen LogP contribution in [0.4, 0.5) is 0 Å². The third-order valence-corrected chi connectivity index (χ3v) is 2.31. The topological polar surface area (TPSA) is 38.9 Å². The van der Waals surface area contributed by atoms with E-state index in [0.29, 0.717) is 11.7 Å². The van der Waals surface area contributed by atoms with Crippen molar-refractivity contribution < 1.29 is 4.52 Å². The maximum Gasteiger partial charge on any atom is 0.243 e. The van der Waals surface area contributed by atoms with Crippen LogP contribution in [0.5, 0.6) is 0 Å². The molecule has 0 bridgehead atoms. The fraction of sp³-hybridized carbons (Fsp3) is 0.273. The zero-order chi connectivity index (χ0) is 10.9. The Bertz CT molecular complexity index is 445. The molecule has 0 atom stereocenters. The Labute approximate surface area is 96.6 Å². The first-order valence-electron chi connectivity index (χ1n) is 4.66. The molecule has 0 aliphatic carbocycles. The maximum atomic E-state index is 5.18. The molecule has 0 radical (unpaired) electrons. The normalized spacial score (nSPS) is 11.7. The fourth-order valence-corrected chi connectivity index (χ4v) is 1.33. The third-order valence-electron chi connectivity index (χ3n) is 1.97. The first-order valence-corrected chi connectivity index (χ1v) is 5.45. The third kappa shape index (κ3) is 2.26. The molecular weight excluding hydrogens is 256 g/mol. The van der Waals surface area contributed by atoms with Crippen LogP contribution in [-0.2, 0) is 4.32 Å². The Hall–Kier alpha value is -1.16. The molecule has 4 heteroatoms. The summed E-state index contributed by atoms with van der Waals surface area (Å²) >= 11 is 3.48. The van der Waals surface area contributed by atoms with E-state index in [0.717, 1.165) is 5.56 Å². The molecule has 0 saturated carbocycles. The molecule has 78 valence electrons. The van der Waals surface area contributed by atoms with E-state index in [-0.39, 0.29) is 4.32 Å². The summed E-state index contributed by atoms with van der Waals surface area (Å²) < 4.78 is 4.89. The van der Waals surface area contributed by atoms with Gasteiger partial charge in [-0.15, -0.1) is 0 Å². The number of rotatable bonds is 2. The van der Waals surface area contributed by atoms with Crippen molar-refractivity contribution in [2.24, 2.45) is 0 Å². The summed E-state index contributed by atoms with van der Waals surface area (Å²) in [6.45, 7) is 3.94. The second-order valence-corrected chi connectivity index (χ2v) is 5.74. The van der Waals surface area contributed by atoms with Crippen LogP contribution >= 0.6 is 15.9 Å². The van der Waals surface area contributed by atoms with E-state index in [9.17, 15) is 0 Å². The second kappa shape index (κ2) is 3.77. The Balaban J connectivity index is 2.37. The van der Waals surface area contributed by atoms with Crippen LogP contribution in [0.3, 0.4) is 0 Å². The Kier molecular flexibility index (Phi) is 2.61. The van der Waals surface area contributed by atoms with Gasteiger partial charge < -0.3 is 4.52 Å². The maximum absolute atomic E-state index is 5.18. The minimum Gasteiger partial charge on any atom is -0.337 e. The lowest BCUT2D eigenvalue weighted by atomic mass is 10.2. The minimum atomic E-state index is -0.285. The number of halogens is 1. The van der Waals surface area contributed by atoms with Gasteiger partial charge in [-0.3, -0.25) is 0 Å². The van der Waals surface area contributed by atoms with Gasteiger partial charge in [0.25, 0.3) is 0 Å². The van der Waals surface area contributed by atoms with Gasteiger partial charge >= 0.3 is 0 Å². The smallest absolute Gasteiger partial charge is 0.243 e. The van der Waals surface area contributed by atoms with Crippen molar-refractivity contribution in [1.29, 1.82) is 0 Å². The number of benzene rings is 1.